The van der Waals surface area contributed by atoms with Crippen molar-refractivity contribution >= 4 is 11.6 Å². The summed E-state index contributed by atoms with van der Waals surface area (Å²) in [7, 11) is 0. The van der Waals surface area contributed by atoms with Gasteiger partial charge in [-0.05, 0) is 37.1 Å². The molecule has 0 aliphatic carbocycles. The molecule has 1 fully saturated rings. The Morgan fingerprint density at radius 3 is 2.50 bits per heavy atom. The Bertz CT molecular complexity index is 667. The Balaban J connectivity index is 1.61. The number of nitrogens with zero attached hydrogens (tertiary/aromatic N) is 1. The van der Waals surface area contributed by atoms with Crippen LogP contribution < -0.4 is 10.1 Å². The third kappa shape index (κ3) is 4.57. The first-order valence-corrected chi connectivity index (χ1v) is 8.23. The molecule has 1 aliphatic rings. The predicted molar refractivity (Wildman–Crippen MR) is 93.3 cm³/mol. The lowest BCUT2D eigenvalue weighted by atomic mass is 10.1. The molecule has 5 nitrogen and oxygen atoms in total. The second-order valence-electron chi connectivity index (χ2n) is 5.97. The van der Waals surface area contributed by atoms with Gasteiger partial charge in [0.1, 0.15) is 5.75 Å². The van der Waals surface area contributed by atoms with Crippen molar-refractivity contribution in [3.05, 3.63) is 54.6 Å². The highest BCUT2D eigenvalue weighted by Gasteiger charge is 2.19. The molecule has 5 heteroatoms. The normalized spacial score (nSPS) is 15.9. The highest BCUT2D eigenvalue weighted by Crippen LogP contribution is 2.29. The van der Waals surface area contributed by atoms with Gasteiger partial charge in [0.25, 0.3) is 0 Å². The van der Waals surface area contributed by atoms with Gasteiger partial charge in [0.2, 0.25) is 5.91 Å². The lowest BCUT2D eigenvalue weighted by Gasteiger charge is -2.28. The standard InChI is InChI=1S/C19H22N2O3/c22-15-10-12-21(13-11-15)14-19(23)20-17-8-4-5-9-18(17)24-16-6-2-1-3-7-16/h1-9,15,22H,10-14H2,(H,20,23). The lowest BCUT2D eigenvalue weighted by molar-refractivity contribution is -0.117. The van der Waals surface area contributed by atoms with Crippen LogP contribution in [-0.2, 0) is 4.79 Å². The molecular formula is C19H22N2O3. The van der Waals surface area contributed by atoms with Crippen LogP contribution in [0.4, 0.5) is 5.69 Å². The number of nitrogens with one attached hydrogen (secondary N) is 1. The quantitative estimate of drug-likeness (QED) is 0.887. The van der Waals surface area contributed by atoms with Crippen molar-refractivity contribution in [2.45, 2.75) is 18.9 Å². The minimum absolute atomic E-state index is 0.0736. The zero-order valence-electron chi connectivity index (χ0n) is 13.5. The largest absolute Gasteiger partial charge is 0.455 e. The summed E-state index contributed by atoms with van der Waals surface area (Å²) in [6.07, 6.45) is 1.21. The van der Waals surface area contributed by atoms with Crippen LogP contribution in [0.3, 0.4) is 0 Å². The Labute approximate surface area is 141 Å². The molecule has 0 bridgehead atoms. The molecule has 24 heavy (non-hydrogen) atoms. The van der Waals surface area contributed by atoms with Crippen molar-refractivity contribution in [1.29, 1.82) is 0 Å². The smallest absolute Gasteiger partial charge is 0.238 e. The maximum atomic E-state index is 12.3. The minimum Gasteiger partial charge on any atom is -0.455 e. The SMILES string of the molecule is O=C(CN1CCC(O)CC1)Nc1ccccc1Oc1ccccc1. The van der Waals surface area contributed by atoms with Crippen LogP contribution in [0, 0.1) is 0 Å². The van der Waals surface area contributed by atoms with Crippen molar-refractivity contribution in [2.75, 3.05) is 25.0 Å². The first kappa shape index (κ1) is 16.5. The molecule has 2 N–H and O–H groups in total. The Morgan fingerprint density at radius 1 is 1.08 bits per heavy atom. The van der Waals surface area contributed by atoms with E-state index in [1.165, 1.54) is 0 Å². The van der Waals surface area contributed by atoms with E-state index in [1.54, 1.807) is 0 Å². The number of likely N-dealkylation sites (tertiary alicyclic amines) is 1. The topological polar surface area (TPSA) is 61.8 Å². The van der Waals surface area contributed by atoms with Crippen LogP contribution >= 0.6 is 0 Å². The fourth-order valence-corrected chi connectivity index (χ4v) is 2.74. The highest BCUT2D eigenvalue weighted by atomic mass is 16.5. The monoisotopic (exact) mass is 326 g/mol. The number of rotatable bonds is 5. The van der Waals surface area contributed by atoms with E-state index in [1.807, 2.05) is 54.6 Å². The third-order valence-corrected chi connectivity index (χ3v) is 4.06. The Kier molecular flexibility index (Phi) is 5.46. The molecule has 126 valence electrons. The maximum Gasteiger partial charge on any atom is 0.238 e. The van der Waals surface area contributed by atoms with E-state index in [2.05, 4.69) is 10.2 Å². The van der Waals surface area contributed by atoms with Crippen molar-refractivity contribution in [2.24, 2.45) is 0 Å². The number of amides is 1. The average molecular weight is 326 g/mol. The number of aliphatic hydroxyl groups is 1. The summed E-state index contributed by atoms with van der Waals surface area (Å²) >= 11 is 0. The van der Waals surface area contributed by atoms with Gasteiger partial charge in [-0.25, -0.2) is 0 Å². The van der Waals surface area contributed by atoms with Crippen LogP contribution in [0.2, 0.25) is 0 Å². The first-order chi connectivity index (χ1) is 11.7. The van der Waals surface area contributed by atoms with Gasteiger partial charge in [-0.15, -0.1) is 0 Å². The molecular weight excluding hydrogens is 304 g/mol. The maximum absolute atomic E-state index is 12.3. The molecule has 1 heterocycles. The summed E-state index contributed by atoms with van der Waals surface area (Å²) in [5, 5.41) is 12.5. The van der Waals surface area contributed by atoms with Gasteiger partial charge in [-0.1, -0.05) is 30.3 Å². The lowest BCUT2D eigenvalue weighted by Crippen LogP contribution is -2.40. The molecule has 0 radical (unpaired) electrons. The number of piperidine rings is 1. The molecule has 3 rings (SSSR count). The number of hydrogen-bond acceptors (Lipinski definition) is 4. The average Bonchev–Trinajstić information content (AvgIpc) is 2.60. The van der Waals surface area contributed by atoms with Gasteiger partial charge in [0.15, 0.2) is 5.75 Å². The van der Waals surface area contributed by atoms with E-state index in [-0.39, 0.29) is 12.0 Å². The summed E-state index contributed by atoms with van der Waals surface area (Å²) in [4.78, 5) is 14.4. The van der Waals surface area contributed by atoms with Gasteiger partial charge in [-0.3, -0.25) is 9.69 Å². The van der Waals surface area contributed by atoms with Crippen LogP contribution in [0.1, 0.15) is 12.8 Å². The Morgan fingerprint density at radius 2 is 1.75 bits per heavy atom. The Hall–Kier alpha value is -2.37. The summed E-state index contributed by atoms with van der Waals surface area (Å²) < 4.78 is 5.85. The molecule has 0 spiro atoms. The number of benzene rings is 2. The van der Waals surface area contributed by atoms with Crippen LogP contribution in [0.25, 0.3) is 0 Å². The summed E-state index contributed by atoms with van der Waals surface area (Å²) in [6.45, 7) is 1.82. The second kappa shape index (κ2) is 7.95. The molecule has 0 aromatic heterocycles. The van der Waals surface area contributed by atoms with E-state index in [0.29, 0.717) is 18.0 Å². The number of aliphatic hydroxyl groups excluding tert-OH is 1. The predicted octanol–water partition coefficient (Wildman–Crippen LogP) is 2.87. The number of anilines is 1. The van der Waals surface area contributed by atoms with Crippen LogP contribution in [-0.4, -0.2) is 41.7 Å². The van der Waals surface area contributed by atoms with Crippen molar-refractivity contribution < 1.29 is 14.6 Å². The van der Waals surface area contributed by atoms with Gasteiger partial charge < -0.3 is 15.2 Å². The zero-order valence-corrected chi connectivity index (χ0v) is 13.5. The van der Waals surface area contributed by atoms with E-state index >= 15 is 0 Å². The van der Waals surface area contributed by atoms with E-state index in [4.69, 9.17) is 4.74 Å². The summed E-state index contributed by atoms with van der Waals surface area (Å²) in [5.74, 6) is 1.27. The van der Waals surface area contributed by atoms with Gasteiger partial charge >= 0.3 is 0 Å². The molecule has 1 saturated heterocycles. The number of hydrogen-bond donors (Lipinski definition) is 2. The molecule has 1 aliphatic heterocycles. The van der Waals surface area contributed by atoms with Crippen LogP contribution in [0.5, 0.6) is 11.5 Å². The van der Waals surface area contributed by atoms with Gasteiger partial charge in [0, 0.05) is 13.1 Å². The van der Waals surface area contributed by atoms with Crippen LogP contribution in [0.15, 0.2) is 54.6 Å². The van der Waals surface area contributed by atoms with Gasteiger partial charge in [0.05, 0.1) is 18.3 Å². The first-order valence-electron chi connectivity index (χ1n) is 8.23. The van der Waals surface area contributed by atoms with Crippen molar-refractivity contribution in [3.8, 4) is 11.5 Å². The van der Waals surface area contributed by atoms with Gasteiger partial charge in [-0.2, -0.15) is 0 Å². The summed E-state index contributed by atoms with van der Waals surface area (Å²) in [6, 6.07) is 16.9. The molecule has 1 amide bonds. The van der Waals surface area contributed by atoms with Crippen molar-refractivity contribution in [1.82, 2.24) is 4.90 Å². The molecule has 0 unspecified atom stereocenters. The fourth-order valence-electron chi connectivity index (χ4n) is 2.74. The van der Waals surface area contributed by atoms with E-state index in [0.717, 1.165) is 31.7 Å². The number of carbonyl (C=O) groups excluding carboxylic acids is 1. The molecule has 0 saturated carbocycles. The number of para-hydroxylation sites is 3. The molecule has 2 aromatic rings. The van der Waals surface area contributed by atoms with E-state index < -0.39 is 0 Å². The zero-order chi connectivity index (χ0) is 16.8. The molecule has 0 atom stereocenters. The van der Waals surface area contributed by atoms with E-state index in [9.17, 15) is 9.90 Å². The number of ether oxygens (including phenoxy) is 1. The second-order valence-corrected chi connectivity index (χ2v) is 5.97. The molecule has 2 aromatic carbocycles. The number of carbonyl (C=O) groups is 1. The summed E-state index contributed by atoms with van der Waals surface area (Å²) in [5.41, 5.74) is 0.656. The fraction of sp³-hybridized carbons (Fsp3) is 0.316. The third-order valence-electron chi connectivity index (χ3n) is 4.06. The highest BCUT2D eigenvalue weighted by molar-refractivity contribution is 5.93. The minimum atomic E-state index is -0.232. The van der Waals surface area contributed by atoms with Crippen molar-refractivity contribution in [3.63, 3.8) is 0 Å².